The zero-order valence-corrected chi connectivity index (χ0v) is 17.1. The highest BCUT2D eigenvalue weighted by Gasteiger charge is 2.36. The Morgan fingerprint density at radius 3 is 2.46 bits per heavy atom. The lowest BCUT2D eigenvalue weighted by Gasteiger charge is -2.15. The fourth-order valence-corrected chi connectivity index (χ4v) is 3.16. The first kappa shape index (κ1) is 20.1. The van der Waals surface area contributed by atoms with Gasteiger partial charge < -0.3 is 10.1 Å². The van der Waals surface area contributed by atoms with Crippen LogP contribution in [0, 0.1) is 0 Å². The number of imide groups is 1. The highest BCUT2D eigenvalue weighted by molar-refractivity contribution is 9.10. The number of carbonyl (C=O) groups is 3. The van der Waals surface area contributed by atoms with Crippen molar-refractivity contribution in [2.45, 2.75) is 26.2 Å². The number of hydrogen-bond acceptors (Lipinski definition) is 5. The van der Waals surface area contributed by atoms with Crippen LogP contribution in [-0.4, -0.2) is 36.0 Å². The second-order valence-corrected chi connectivity index (χ2v) is 7.40. The summed E-state index contributed by atoms with van der Waals surface area (Å²) in [6.45, 7) is 2.47. The van der Waals surface area contributed by atoms with Crippen molar-refractivity contribution >= 4 is 39.4 Å². The molecule has 2 aromatic carbocycles. The minimum absolute atomic E-state index is 0.0464. The smallest absolute Gasteiger partial charge is 0.338 e. The fourth-order valence-electron chi connectivity index (χ4n) is 2.90. The standard InChI is InChI=1S/C21H21BrN2O4/c1-2-3-4-11-28-21(27)14-5-10-17-18(12-14)20(26)24(19(17)25)13-23-16-8-6-15(22)7-9-16/h5-10,12,23H,2-4,11,13H2,1H3. The lowest BCUT2D eigenvalue weighted by Crippen LogP contribution is -2.34. The number of hydrogen-bond donors (Lipinski definition) is 1. The first-order valence-corrected chi connectivity index (χ1v) is 9.97. The van der Waals surface area contributed by atoms with Crippen LogP contribution in [0.5, 0.6) is 0 Å². The number of amides is 2. The second kappa shape index (κ2) is 9.01. The molecule has 2 aromatic rings. The van der Waals surface area contributed by atoms with Crippen molar-refractivity contribution < 1.29 is 19.1 Å². The number of nitrogens with zero attached hydrogens (tertiary/aromatic N) is 1. The Bertz CT molecular complexity index is 896. The number of carbonyl (C=O) groups excluding carboxylic acids is 3. The van der Waals surface area contributed by atoms with Crippen molar-refractivity contribution in [3.63, 3.8) is 0 Å². The second-order valence-electron chi connectivity index (χ2n) is 6.48. The summed E-state index contributed by atoms with van der Waals surface area (Å²) in [5.74, 6) is -1.29. The molecule has 0 atom stereocenters. The average molecular weight is 445 g/mol. The summed E-state index contributed by atoms with van der Waals surface area (Å²) in [4.78, 5) is 38.5. The molecule has 0 radical (unpaired) electrons. The van der Waals surface area contributed by atoms with Gasteiger partial charge in [0.15, 0.2) is 0 Å². The van der Waals surface area contributed by atoms with E-state index >= 15 is 0 Å². The predicted octanol–water partition coefficient (Wildman–Crippen LogP) is 4.46. The van der Waals surface area contributed by atoms with Gasteiger partial charge in [-0.05, 0) is 48.9 Å². The highest BCUT2D eigenvalue weighted by atomic mass is 79.9. The van der Waals surface area contributed by atoms with E-state index in [1.807, 2.05) is 24.3 Å². The summed E-state index contributed by atoms with van der Waals surface area (Å²) in [6, 6.07) is 11.9. The Morgan fingerprint density at radius 2 is 1.75 bits per heavy atom. The Hall–Kier alpha value is -2.67. The number of ether oxygens (including phenoxy) is 1. The maximum atomic E-state index is 12.7. The van der Waals surface area contributed by atoms with E-state index in [9.17, 15) is 14.4 Å². The molecule has 7 heteroatoms. The van der Waals surface area contributed by atoms with E-state index in [4.69, 9.17) is 4.74 Å². The van der Waals surface area contributed by atoms with E-state index in [1.54, 1.807) is 0 Å². The van der Waals surface area contributed by atoms with Crippen LogP contribution in [0.2, 0.25) is 0 Å². The highest BCUT2D eigenvalue weighted by Crippen LogP contribution is 2.25. The maximum Gasteiger partial charge on any atom is 0.338 e. The molecule has 1 aliphatic heterocycles. The van der Waals surface area contributed by atoms with E-state index in [0.29, 0.717) is 12.2 Å². The van der Waals surface area contributed by atoms with Gasteiger partial charge >= 0.3 is 5.97 Å². The molecule has 0 spiro atoms. The minimum Gasteiger partial charge on any atom is -0.462 e. The molecule has 1 aliphatic rings. The number of esters is 1. The molecule has 1 N–H and O–H groups in total. The van der Waals surface area contributed by atoms with Gasteiger partial charge in [-0.1, -0.05) is 35.7 Å². The lowest BCUT2D eigenvalue weighted by atomic mass is 10.1. The monoisotopic (exact) mass is 444 g/mol. The van der Waals surface area contributed by atoms with Crippen LogP contribution in [-0.2, 0) is 4.74 Å². The van der Waals surface area contributed by atoms with Gasteiger partial charge in [0.1, 0.15) is 0 Å². The van der Waals surface area contributed by atoms with Gasteiger partial charge in [0.2, 0.25) is 0 Å². The number of rotatable bonds is 8. The minimum atomic E-state index is -0.481. The third-order valence-electron chi connectivity index (χ3n) is 4.47. The molecular weight excluding hydrogens is 424 g/mol. The molecular formula is C21H21BrN2O4. The van der Waals surface area contributed by atoms with Crippen molar-refractivity contribution in [1.82, 2.24) is 4.90 Å². The Kier molecular flexibility index (Phi) is 6.46. The van der Waals surface area contributed by atoms with Crippen LogP contribution >= 0.6 is 15.9 Å². The largest absolute Gasteiger partial charge is 0.462 e. The van der Waals surface area contributed by atoms with Crippen molar-refractivity contribution in [3.05, 3.63) is 63.6 Å². The molecule has 28 heavy (non-hydrogen) atoms. The van der Waals surface area contributed by atoms with Crippen molar-refractivity contribution in [3.8, 4) is 0 Å². The molecule has 0 aliphatic carbocycles. The SMILES string of the molecule is CCCCCOC(=O)c1ccc2c(c1)C(=O)N(CNc1ccc(Br)cc1)C2=O. The first-order chi connectivity index (χ1) is 13.5. The Morgan fingerprint density at radius 1 is 1.04 bits per heavy atom. The molecule has 0 bridgehead atoms. The Balaban J connectivity index is 1.67. The number of halogens is 1. The summed E-state index contributed by atoms with van der Waals surface area (Å²) < 4.78 is 6.17. The van der Waals surface area contributed by atoms with E-state index in [1.165, 1.54) is 18.2 Å². The van der Waals surface area contributed by atoms with Gasteiger partial charge in [-0.15, -0.1) is 0 Å². The number of unbranched alkanes of at least 4 members (excludes halogenated alkanes) is 2. The number of fused-ring (bicyclic) bond motifs is 1. The van der Waals surface area contributed by atoms with Crippen LogP contribution in [0.25, 0.3) is 0 Å². The molecule has 0 aromatic heterocycles. The van der Waals surface area contributed by atoms with Gasteiger partial charge in [0.25, 0.3) is 11.8 Å². The van der Waals surface area contributed by atoms with Gasteiger partial charge in [0, 0.05) is 10.2 Å². The Labute approximate surface area is 172 Å². The van der Waals surface area contributed by atoms with Gasteiger partial charge in [-0.25, -0.2) is 4.79 Å². The van der Waals surface area contributed by atoms with Crippen molar-refractivity contribution in [2.24, 2.45) is 0 Å². The van der Waals surface area contributed by atoms with E-state index in [2.05, 4.69) is 28.2 Å². The van der Waals surface area contributed by atoms with Crippen molar-refractivity contribution in [2.75, 3.05) is 18.6 Å². The third kappa shape index (κ3) is 4.42. The molecule has 6 nitrogen and oxygen atoms in total. The summed E-state index contributed by atoms with van der Waals surface area (Å²) in [6.07, 6.45) is 2.84. The molecule has 0 saturated carbocycles. The van der Waals surface area contributed by atoms with Gasteiger partial charge in [0.05, 0.1) is 30.0 Å². The zero-order valence-electron chi connectivity index (χ0n) is 15.5. The summed E-state index contributed by atoms with van der Waals surface area (Å²) >= 11 is 3.36. The quantitative estimate of drug-likeness (QED) is 0.369. The molecule has 2 amide bonds. The summed E-state index contributed by atoms with van der Waals surface area (Å²) in [7, 11) is 0. The van der Waals surface area contributed by atoms with Crippen molar-refractivity contribution in [1.29, 1.82) is 0 Å². The number of benzene rings is 2. The van der Waals surface area contributed by atoms with Crippen LogP contribution in [0.15, 0.2) is 46.9 Å². The van der Waals surface area contributed by atoms with E-state index in [0.717, 1.165) is 34.3 Å². The fraction of sp³-hybridized carbons (Fsp3) is 0.286. The summed E-state index contributed by atoms with van der Waals surface area (Å²) in [5, 5.41) is 3.06. The third-order valence-corrected chi connectivity index (χ3v) is 5.00. The van der Waals surface area contributed by atoms with E-state index in [-0.39, 0.29) is 23.7 Å². The maximum absolute atomic E-state index is 12.7. The zero-order chi connectivity index (χ0) is 20.1. The molecule has 1 heterocycles. The predicted molar refractivity (Wildman–Crippen MR) is 109 cm³/mol. The van der Waals surface area contributed by atoms with E-state index < -0.39 is 11.9 Å². The number of anilines is 1. The van der Waals surface area contributed by atoms with Gasteiger partial charge in [-0.3, -0.25) is 14.5 Å². The summed E-state index contributed by atoms with van der Waals surface area (Å²) in [5.41, 5.74) is 1.59. The van der Waals surface area contributed by atoms with Crippen LogP contribution in [0.1, 0.15) is 57.3 Å². The molecule has 0 unspecified atom stereocenters. The molecule has 3 rings (SSSR count). The normalized spacial score (nSPS) is 12.9. The average Bonchev–Trinajstić information content (AvgIpc) is 2.94. The molecule has 0 fully saturated rings. The van der Waals surface area contributed by atoms with Crippen LogP contribution in [0.4, 0.5) is 5.69 Å². The van der Waals surface area contributed by atoms with Crippen LogP contribution < -0.4 is 5.32 Å². The topological polar surface area (TPSA) is 75.7 Å². The molecule has 0 saturated heterocycles. The lowest BCUT2D eigenvalue weighted by molar-refractivity contribution is 0.0497. The number of nitrogens with one attached hydrogen (secondary N) is 1. The molecule has 146 valence electrons. The van der Waals surface area contributed by atoms with Gasteiger partial charge in [-0.2, -0.15) is 0 Å². The first-order valence-electron chi connectivity index (χ1n) is 9.18. The van der Waals surface area contributed by atoms with Crippen LogP contribution in [0.3, 0.4) is 0 Å².